The molecule has 2 heterocycles. The number of carbonyl (C=O) groups is 2. The average Bonchev–Trinajstić information content (AvgIpc) is 3.26. The molecule has 3 fully saturated rings. The molecule has 142 valence electrons. The zero-order valence-electron chi connectivity index (χ0n) is 15.6. The first-order valence-electron chi connectivity index (χ1n) is 9.58. The highest BCUT2D eigenvalue weighted by Gasteiger charge is 2.37. The number of piperidine rings is 1. The van der Waals surface area contributed by atoms with Crippen molar-refractivity contribution >= 4 is 12.0 Å². The fourth-order valence-corrected chi connectivity index (χ4v) is 3.72. The maximum Gasteiger partial charge on any atom is 0.410 e. The third-order valence-corrected chi connectivity index (χ3v) is 5.10. The van der Waals surface area contributed by atoms with E-state index in [1.54, 1.807) is 4.90 Å². The lowest BCUT2D eigenvalue weighted by molar-refractivity contribution is -0.123. The molecule has 2 saturated heterocycles. The molecular formula is C18H32N4O3. The summed E-state index contributed by atoms with van der Waals surface area (Å²) < 4.78 is 5.45. The van der Waals surface area contributed by atoms with Crippen molar-refractivity contribution in [3.63, 3.8) is 0 Å². The number of hydrazine groups is 1. The molecule has 0 aromatic carbocycles. The molecule has 1 aliphatic carbocycles. The van der Waals surface area contributed by atoms with E-state index in [0.29, 0.717) is 25.6 Å². The zero-order chi connectivity index (χ0) is 18.0. The lowest BCUT2D eigenvalue weighted by Gasteiger charge is -2.34. The molecule has 7 nitrogen and oxygen atoms in total. The van der Waals surface area contributed by atoms with Gasteiger partial charge in [0.25, 0.3) is 0 Å². The summed E-state index contributed by atoms with van der Waals surface area (Å²) in [6.45, 7) is 6.93. The summed E-state index contributed by atoms with van der Waals surface area (Å²) in [5, 5.41) is 3.07. The molecule has 0 radical (unpaired) electrons. The quantitative estimate of drug-likeness (QED) is 0.718. The number of hydrogen-bond acceptors (Lipinski definition) is 5. The third kappa shape index (κ3) is 5.57. The van der Waals surface area contributed by atoms with E-state index in [1.807, 2.05) is 20.8 Å². The molecule has 1 saturated carbocycles. The first-order chi connectivity index (χ1) is 11.8. The molecule has 3 rings (SSSR count). The molecule has 2 amide bonds. The molecule has 3 atom stereocenters. The number of likely N-dealkylation sites (tertiary alicyclic amines) is 1. The van der Waals surface area contributed by atoms with E-state index in [0.717, 1.165) is 25.2 Å². The Bertz CT molecular complexity index is 501. The number of carbonyl (C=O) groups excluding carboxylic acids is 2. The minimum Gasteiger partial charge on any atom is -0.444 e. The molecule has 25 heavy (non-hydrogen) atoms. The fourth-order valence-electron chi connectivity index (χ4n) is 3.72. The van der Waals surface area contributed by atoms with Gasteiger partial charge in [0.1, 0.15) is 5.60 Å². The number of nitrogens with zero attached hydrogens (tertiary/aromatic N) is 1. The van der Waals surface area contributed by atoms with Crippen molar-refractivity contribution in [2.24, 2.45) is 11.8 Å². The van der Waals surface area contributed by atoms with Crippen molar-refractivity contribution in [1.82, 2.24) is 21.1 Å². The highest BCUT2D eigenvalue weighted by molar-refractivity contribution is 5.76. The summed E-state index contributed by atoms with van der Waals surface area (Å²) in [6, 6.07) is 0.489. The Balaban J connectivity index is 1.41. The van der Waals surface area contributed by atoms with Gasteiger partial charge in [-0.15, -0.1) is 0 Å². The zero-order valence-corrected chi connectivity index (χ0v) is 15.6. The van der Waals surface area contributed by atoms with Crippen LogP contribution in [0.25, 0.3) is 0 Å². The van der Waals surface area contributed by atoms with E-state index in [4.69, 9.17) is 4.74 Å². The van der Waals surface area contributed by atoms with Gasteiger partial charge in [-0.05, 0) is 64.7 Å². The molecule has 2 aliphatic heterocycles. The Morgan fingerprint density at radius 2 is 1.96 bits per heavy atom. The van der Waals surface area contributed by atoms with Crippen LogP contribution < -0.4 is 16.2 Å². The summed E-state index contributed by atoms with van der Waals surface area (Å²) in [6.07, 6.45) is 5.65. The van der Waals surface area contributed by atoms with E-state index < -0.39 is 5.60 Å². The monoisotopic (exact) mass is 352 g/mol. The van der Waals surface area contributed by atoms with Gasteiger partial charge in [-0.2, -0.15) is 0 Å². The summed E-state index contributed by atoms with van der Waals surface area (Å²) in [5.74, 6) is 1.04. The van der Waals surface area contributed by atoms with Gasteiger partial charge in [-0.25, -0.2) is 10.2 Å². The number of ether oxygens (including phenoxy) is 1. The topological polar surface area (TPSA) is 82.7 Å². The van der Waals surface area contributed by atoms with Gasteiger partial charge in [-0.3, -0.25) is 10.2 Å². The van der Waals surface area contributed by atoms with Gasteiger partial charge in [-0.1, -0.05) is 0 Å². The van der Waals surface area contributed by atoms with Crippen LogP contribution in [0.1, 0.15) is 59.3 Å². The highest BCUT2D eigenvalue weighted by atomic mass is 16.6. The normalized spacial score (nSPS) is 30.2. The Kier molecular flexibility index (Phi) is 5.53. The molecule has 0 spiro atoms. The predicted molar refractivity (Wildman–Crippen MR) is 94.5 cm³/mol. The van der Waals surface area contributed by atoms with Crippen LogP contribution in [0.15, 0.2) is 0 Å². The van der Waals surface area contributed by atoms with Gasteiger partial charge >= 0.3 is 6.09 Å². The van der Waals surface area contributed by atoms with Crippen molar-refractivity contribution in [1.29, 1.82) is 0 Å². The van der Waals surface area contributed by atoms with Crippen LogP contribution in [0.3, 0.4) is 0 Å². The van der Waals surface area contributed by atoms with Crippen LogP contribution in [0, 0.1) is 11.8 Å². The lowest BCUT2D eigenvalue weighted by atomic mass is 9.94. The van der Waals surface area contributed by atoms with E-state index >= 15 is 0 Å². The van der Waals surface area contributed by atoms with E-state index in [1.165, 1.54) is 12.8 Å². The number of nitrogens with one attached hydrogen (secondary N) is 3. The minimum atomic E-state index is -0.485. The molecule has 3 N–H and O–H groups in total. The number of rotatable bonds is 4. The van der Waals surface area contributed by atoms with E-state index in [-0.39, 0.29) is 24.1 Å². The number of amides is 2. The number of hydrogen-bond donors (Lipinski definition) is 3. The second-order valence-corrected chi connectivity index (χ2v) is 8.73. The van der Waals surface area contributed by atoms with E-state index in [9.17, 15) is 9.59 Å². The standard InChI is InChI=1S/C18H32N4O3/c1-18(2,3)25-17(24)22-8-4-5-12(11-22)9-16(23)19-15-10-14(20-21-15)13-6-7-13/h12-15,20-21H,4-11H2,1-3H3,(H,19,23)/t12-,14?,15?/m1/s1. The average molecular weight is 352 g/mol. The Morgan fingerprint density at radius 1 is 1.20 bits per heavy atom. The van der Waals surface area contributed by atoms with Crippen LogP contribution in [0.4, 0.5) is 4.79 Å². The molecule has 3 aliphatic rings. The van der Waals surface area contributed by atoms with Gasteiger partial charge in [0.15, 0.2) is 0 Å². The molecule has 0 aromatic rings. The lowest BCUT2D eigenvalue weighted by Crippen LogP contribution is -2.47. The van der Waals surface area contributed by atoms with Crippen molar-refractivity contribution in [3.05, 3.63) is 0 Å². The Morgan fingerprint density at radius 3 is 2.64 bits per heavy atom. The van der Waals surface area contributed by atoms with Crippen LogP contribution in [0.5, 0.6) is 0 Å². The summed E-state index contributed by atoms with van der Waals surface area (Å²) >= 11 is 0. The SMILES string of the molecule is CC(C)(C)OC(=O)N1CCC[C@H](CC(=O)NC2CC(C3CC3)NN2)C1. The Labute approximate surface area is 150 Å². The maximum atomic E-state index is 12.4. The van der Waals surface area contributed by atoms with Crippen molar-refractivity contribution in [3.8, 4) is 0 Å². The second-order valence-electron chi connectivity index (χ2n) is 8.73. The van der Waals surface area contributed by atoms with Crippen LogP contribution >= 0.6 is 0 Å². The van der Waals surface area contributed by atoms with Gasteiger partial charge < -0.3 is 15.0 Å². The van der Waals surface area contributed by atoms with Crippen LogP contribution in [-0.4, -0.2) is 47.8 Å². The maximum absolute atomic E-state index is 12.4. The van der Waals surface area contributed by atoms with Gasteiger partial charge in [0, 0.05) is 25.6 Å². The van der Waals surface area contributed by atoms with Crippen molar-refractivity contribution in [2.45, 2.75) is 77.1 Å². The van der Waals surface area contributed by atoms with Crippen molar-refractivity contribution in [2.75, 3.05) is 13.1 Å². The molecule has 7 heteroatoms. The summed E-state index contributed by atoms with van der Waals surface area (Å²) in [5.41, 5.74) is 5.98. The molecule has 0 aromatic heterocycles. The van der Waals surface area contributed by atoms with E-state index in [2.05, 4.69) is 16.2 Å². The smallest absolute Gasteiger partial charge is 0.410 e. The fraction of sp³-hybridized carbons (Fsp3) is 0.889. The first-order valence-corrected chi connectivity index (χ1v) is 9.58. The van der Waals surface area contributed by atoms with Gasteiger partial charge in [0.05, 0.1) is 6.17 Å². The second kappa shape index (κ2) is 7.50. The van der Waals surface area contributed by atoms with Crippen LogP contribution in [-0.2, 0) is 9.53 Å². The van der Waals surface area contributed by atoms with Gasteiger partial charge in [0.2, 0.25) is 5.91 Å². The largest absolute Gasteiger partial charge is 0.444 e. The molecule has 0 bridgehead atoms. The molecule has 2 unspecified atom stereocenters. The third-order valence-electron chi connectivity index (χ3n) is 5.10. The highest BCUT2D eigenvalue weighted by Crippen LogP contribution is 2.35. The predicted octanol–water partition coefficient (Wildman–Crippen LogP) is 1.74. The minimum absolute atomic E-state index is 0.0173. The summed E-state index contributed by atoms with van der Waals surface area (Å²) in [7, 11) is 0. The van der Waals surface area contributed by atoms with Crippen molar-refractivity contribution < 1.29 is 14.3 Å². The Hall–Kier alpha value is -1.34. The van der Waals surface area contributed by atoms with Crippen LogP contribution in [0.2, 0.25) is 0 Å². The molecular weight excluding hydrogens is 320 g/mol. The summed E-state index contributed by atoms with van der Waals surface area (Å²) in [4.78, 5) is 26.3. The first kappa shape index (κ1) is 18.5.